The topological polar surface area (TPSA) is 142 Å². The third-order valence-electron chi connectivity index (χ3n) is 4.41. The molecule has 0 aliphatic rings. The molecule has 0 fully saturated rings. The fraction of sp³-hybridized carbons (Fsp3) is 0.643. The summed E-state index contributed by atoms with van der Waals surface area (Å²) in [6.45, 7) is 14.7. The number of primary amides is 1. The number of carbonyl (C=O) groups excluding carboxylic acids is 4. The molecule has 6 N–H and O–H groups in total. The van der Waals surface area contributed by atoms with Crippen LogP contribution < -0.4 is 27.0 Å². The number of anilines is 1. The fourth-order valence-electron chi connectivity index (χ4n) is 2.95. The first-order valence-electron chi connectivity index (χ1n) is 13.5. The van der Waals surface area contributed by atoms with Crippen LogP contribution in [-0.4, -0.2) is 42.9 Å². The van der Waals surface area contributed by atoms with E-state index in [-0.39, 0.29) is 24.9 Å². The van der Waals surface area contributed by atoms with E-state index in [1.807, 2.05) is 31.2 Å². The van der Waals surface area contributed by atoms with Crippen LogP contribution in [0.3, 0.4) is 0 Å². The van der Waals surface area contributed by atoms with E-state index in [1.165, 1.54) is 18.4 Å². The molecule has 0 aliphatic heterocycles. The van der Waals surface area contributed by atoms with E-state index in [1.54, 1.807) is 0 Å². The molecular weight excluding hydrogens is 470 g/mol. The lowest BCUT2D eigenvalue weighted by Gasteiger charge is -2.19. The monoisotopic (exact) mass is 521 g/mol. The zero-order valence-electron chi connectivity index (χ0n) is 24.0. The summed E-state index contributed by atoms with van der Waals surface area (Å²) in [5, 5.41) is 10.4. The number of carbonyl (C=O) groups is 4. The van der Waals surface area contributed by atoms with Gasteiger partial charge >= 0.3 is 6.03 Å². The predicted octanol–water partition coefficient (Wildman–Crippen LogP) is 4.51. The lowest BCUT2D eigenvalue weighted by molar-refractivity contribution is -0.128. The molecule has 9 heteroatoms. The highest BCUT2D eigenvalue weighted by atomic mass is 16.2. The van der Waals surface area contributed by atoms with Gasteiger partial charge in [0.2, 0.25) is 17.7 Å². The molecule has 0 saturated heterocycles. The van der Waals surface area contributed by atoms with Gasteiger partial charge in [-0.05, 0) is 49.3 Å². The fourth-order valence-corrected chi connectivity index (χ4v) is 2.95. The van der Waals surface area contributed by atoms with Gasteiger partial charge in [0, 0.05) is 18.7 Å². The Hall–Kier alpha value is -3.10. The van der Waals surface area contributed by atoms with Crippen molar-refractivity contribution in [2.24, 2.45) is 11.7 Å². The van der Waals surface area contributed by atoms with Crippen LogP contribution in [0.25, 0.3) is 0 Å². The second-order valence-electron chi connectivity index (χ2n) is 9.28. The first kappa shape index (κ1) is 36.1. The molecule has 0 aliphatic carbocycles. The average Bonchev–Trinajstić information content (AvgIpc) is 2.81. The molecule has 1 rings (SSSR count). The molecule has 1 unspecified atom stereocenters. The van der Waals surface area contributed by atoms with Gasteiger partial charge in [0.25, 0.3) is 0 Å². The molecule has 0 saturated carbocycles. The molecule has 212 valence electrons. The summed E-state index contributed by atoms with van der Waals surface area (Å²) < 4.78 is 0. The van der Waals surface area contributed by atoms with Gasteiger partial charge in [-0.3, -0.25) is 14.4 Å². The Morgan fingerprint density at radius 3 is 1.92 bits per heavy atom. The average molecular weight is 522 g/mol. The molecule has 0 heterocycles. The van der Waals surface area contributed by atoms with Gasteiger partial charge in [-0.25, -0.2) is 4.79 Å². The van der Waals surface area contributed by atoms with Crippen LogP contribution in [0, 0.1) is 5.92 Å². The first-order chi connectivity index (χ1) is 17.5. The van der Waals surface area contributed by atoms with E-state index < -0.39 is 18.0 Å². The Kier molecular flexibility index (Phi) is 22.7. The van der Waals surface area contributed by atoms with Crippen molar-refractivity contribution in [3.8, 4) is 0 Å². The standard InChI is InChI=1S/C22H35N5O4.2C3H8/c1-4-6-19(28)25-14-20(29)27-18(7-5-12-24-22(23)31)21(30)26-17-10-8-16(9-11-17)13-15(2)3;2*1-3-2/h8-11,15,18H,4-7,12-14H2,1-3H3,(H,25,28)(H,26,30)(H,27,29)(H3,23,24,31);2*3H2,1-2H3. The van der Waals surface area contributed by atoms with Crippen LogP contribution in [0.2, 0.25) is 0 Å². The molecule has 1 aromatic rings. The van der Waals surface area contributed by atoms with Crippen LogP contribution in [0.15, 0.2) is 24.3 Å². The first-order valence-corrected chi connectivity index (χ1v) is 13.5. The summed E-state index contributed by atoms with van der Waals surface area (Å²) in [7, 11) is 0. The SMILES string of the molecule is CCC.CCC.CCCC(=O)NCC(=O)NC(CCCNC(N)=O)C(=O)Nc1ccc(CC(C)C)cc1. The quantitative estimate of drug-likeness (QED) is 0.243. The van der Waals surface area contributed by atoms with Crippen molar-refractivity contribution in [3.05, 3.63) is 29.8 Å². The Bertz CT molecular complexity index is 764. The van der Waals surface area contributed by atoms with Gasteiger partial charge < -0.3 is 27.0 Å². The van der Waals surface area contributed by atoms with Gasteiger partial charge in [-0.15, -0.1) is 0 Å². The number of nitrogens with two attached hydrogens (primary N) is 1. The highest BCUT2D eigenvalue weighted by molar-refractivity contribution is 5.97. The zero-order valence-corrected chi connectivity index (χ0v) is 24.0. The number of nitrogens with one attached hydrogen (secondary N) is 4. The van der Waals surface area contributed by atoms with Gasteiger partial charge in [0.15, 0.2) is 0 Å². The number of urea groups is 1. The molecule has 1 atom stereocenters. The molecule has 0 spiro atoms. The summed E-state index contributed by atoms with van der Waals surface area (Å²) in [6, 6.07) is 6.11. The molecule has 0 radical (unpaired) electrons. The van der Waals surface area contributed by atoms with Crippen LogP contribution in [0.1, 0.15) is 92.6 Å². The third kappa shape index (κ3) is 21.9. The Morgan fingerprint density at radius 1 is 0.865 bits per heavy atom. The summed E-state index contributed by atoms with van der Waals surface area (Å²) in [4.78, 5) is 47.3. The van der Waals surface area contributed by atoms with E-state index in [0.29, 0.717) is 37.3 Å². The second kappa shape index (κ2) is 23.3. The number of benzene rings is 1. The Balaban J connectivity index is 0. The van der Waals surface area contributed by atoms with Crippen LogP contribution in [0.4, 0.5) is 10.5 Å². The molecular formula is C28H51N5O4. The van der Waals surface area contributed by atoms with E-state index >= 15 is 0 Å². The smallest absolute Gasteiger partial charge is 0.312 e. The lowest BCUT2D eigenvalue weighted by Crippen LogP contribution is -2.47. The van der Waals surface area contributed by atoms with Crippen molar-refractivity contribution in [3.63, 3.8) is 0 Å². The van der Waals surface area contributed by atoms with Crippen LogP contribution >= 0.6 is 0 Å². The molecule has 37 heavy (non-hydrogen) atoms. The summed E-state index contributed by atoms with van der Waals surface area (Å²) >= 11 is 0. The predicted molar refractivity (Wildman–Crippen MR) is 152 cm³/mol. The second-order valence-corrected chi connectivity index (χ2v) is 9.28. The van der Waals surface area contributed by atoms with E-state index in [0.717, 1.165) is 6.42 Å². The van der Waals surface area contributed by atoms with Gasteiger partial charge in [0.1, 0.15) is 6.04 Å². The molecule has 1 aromatic carbocycles. The highest BCUT2D eigenvalue weighted by Gasteiger charge is 2.21. The Labute approximate surface area is 224 Å². The van der Waals surface area contributed by atoms with E-state index in [2.05, 4.69) is 62.8 Å². The number of amides is 5. The van der Waals surface area contributed by atoms with E-state index in [4.69, 9.17) is 5.73 Å². The molecule has 0 bridgehead atoms. The van der Waals surface area contributed by atoms with Crippen LogP contribution in [-0.2, 0) is 20.8 Å². The largest absolute Gasteiger partial charge is 0.352 e. The third-order valence-corrected chi connectivity index (χ3v) is 4.41. The van der Waals surface area contributed by atoms with Crippen molar-refractivity contribution < 1.29 is 19.2 Å². The highest BCUT2D eigenvalue weighted by Crippen LogP contribution is 2.14. The van der Waals surface area contributed by atoms with Crippen LogP contribution in [0.5, 0.6) is 0 Å². The lowest BCUT2D eigenvalue weighted by atomic mass is 10.0. The minimum absolute atomic E-state index is 0.202. The maximum atomic E-state index is 12.8. The normalized spacial score (nSPS) is 10.6. The minimum atomic E-state index is -0.819. The van der Waals surface area contributed by atoms with Crippen molar-refractivity contribution in [1.82, 2.24) is 16.0 Å². The van der Waals surface area contributed by atoms with Crippen molar-refractivity contribution in [2.45, 2.75) is 99.5 Å². The summed E-state index contributed by atoms with van der Waals surface area (Å²) in [5.74, 6) is -0.513. The van der Waals surface area contributed by atoms with Gasteiger partial charge in [-0.1, -0.05) is 73.4 Å². The van der Waals surface area contributed by atoms with Gasteiger partial charge in [0.05, 0.1) is 6.54 Å². The maximum absolute atomic E-state index is 12.8. The van der Waals surface area contributed by atoms with Crippen molar-refractivity contribution in [1.29, 1.82) is 0 Å². The van der Waals surface area contributed by atoms with Gasteiger partial charge in [-0.2, -0.15) is 0 Å². The summed E-state index contributed by atoms with van der Waals surface area (Å²) in [5.41, 5.74) is 6.85. The Morgan fingerprint density at radius 2 is 1.43 bits per heavy atom. The zero-order chi connectivity index (χ0) is 28.6. The van der Waals surface area contributed by atoms with Crippen molar-refractivity contribution >= 4 is 29.4 Å². The number of rotatable bonds is 13. The number of hydrogen-bond acceptors (Lipinski definition) is 4. The van der Waals surface area contributed by atoms with Crippen molar-refractivity contribution in [2.75, 3.05) is 18.4 Å². The maximum Gasteiger partial charge on any atom is 0.312 e. The molecule has 5 amide bonds. The number of hydrogen-bond donors (Lipinski definition) is 5. The molecule has 0 aromatic heterocycles. The molecule has 9 nitrogen and oxygen atoms in total. The van der Waals surface area contributed by atoms with E-state index in [9.17, 15) is 19.2 Å². The minimum Gasteiger partial charge on any atom is -0.352 e. The summed E-state index contributed by atoms with van der Waals surface area (Å²) in [6.07, 6.45) is 5.20.